The number of esters is 4. The maximum absolute atomic E-state index is 13.4. The van der Waals surface area contributed by atoms with Crippen molar-refractivity contribution in [2.24, 2.45) is 23.7 Å². The lowest BCUT2D eigenvalue weighted by Gasteiger charge is -2.35. The van der Waals surface area contributed by atoms with Crippen LogP contribution in [0.5, 0.6) is 0 Å². The third kappa shape index (κ3) is 28.9. The molecule has 0 spiro atoms. The molecular weight excluding hydrogens is 1370 g/mol. The summed E-state index contributed by atoms with van der Waals surface area (Å²) in [6.07, 6.45) is 27.6. The molecule has 18 atom stereocenters. The molecule has 0 aromatic heterocycles. The minimum absolute atomic E-state index is 0.0130. The van der Waals surface area contributed by atoms with Gasteiger partial charge in [0.2, 0.25) is 5.91 Å². The van der Waals surface area contributed by atoms with Crippen LogP contribution < -0.4 is 26.6 Å². The number of fused-ring (bicyclic) bond motifs is 4. The Morgan fingerprint density at radius 2 is 0.898 bits per heavy atom. The van der Waals surface area contributed by atoms with Crippen molar-refractivity contribution in [1.82, 2.24) is 36.4 Å². The van der Waals surface area contributed by atoms with E-state index >= 15 is 0 Å². The molecule has 4 saturated carbocycles. The Labute approximate surface area is 643 Å². The van der Waals surface area contributed by atoms with E-state index in [1.807, 2.05) is 91.0 Å². The van der Waals surface area contributed by atoms with Gasteiger partial charge < -0.3 is 55.1 Å². The van der Waals surface area contributed by atoms with E-state index < -0.39 is 66.2 Å². The quantitative estimate of drug-likeness (QED) is 0.0235. The summed E-state index contributed by atoms with van der Waals surface area (Å²) in [6, 6.07) is 28.5. The fourth-order valence-corrected chi connectivity index (χ4v) is 17.1. The number of aliphatic hydroxyl groups excluding tert-OH is 1. The van der Waals surface area contributed by atoms with Crippen molar-refractivity contribution in [2.75, 3.05) is 26.4 Å². The van der Waals surface area contributed by atoms with Gasteiger partial charge in [0.05, 0.1) is 31.9 Å². The Hall–Kier alpha value is -7.15. The van der Waals surface area contributed by atoms with Crippen molar-refractivity contribution in [3.8, 4) is 0 Å². The zero-order valence-electron chi connectivity index (χ0n) is 66.3. The summed E-state index contributed by atoms with van der Waals surface area (Å²) >= 11 is 0. The summed E-state index contributed by atoms with van der Waals surface area (Å²) in [7, 11) is 0. The number of carbonyl (C=O) groups excluding carboxylic acids is 7. The van der Waals surface area contributed by atoms with Gasteiger partial charge >= 0.3 is 41.9 Å². The maximum atomic E-state index is 13.4. The number of carboxylic acids is 2. The summed E-state index contributed by atoms with van der Waals surface area (Å²) < 4.78 is 19.9. The molecular formula is C85H131N7O16. The zero-order valence-corrected chi connectivity index (χ0v) is 66.3. The first-order valence-electron chi connectivity index (χ1n) is 40.8. The van der Waals surface area contributed by atoms with Gasteiger partial charge in [0.25, 0.3) is 0 Å². The summed E-state index contributed by atoms with van der Waals surface area (Å²) in [6.45, 7) is 19.2. The van der Waals surface area contributed by atoms with E-state index in [9.17, 15) is 48.3 Å². The van der Waals surface area contributed by atoms with Crippen molar-refractivity contribution >= 4 is 53.6 Å². The van der Waals surface area contributed by atoms with E-state index in [0.29, 0.717) is 57.1 Å². The number of hydrogen-bond donors (Lipinski definition) is 8. The Balaban J connectivity index is 0.000000210. The van der Waals surface area contributed by atoms with Crippen molar-refractivity contribution in [1.29, 1.82) is 0 Å². The highest BCUT2D eigenvalue weighted by Gasteiger charge is 2.49. The Bertz CT molecular complexity index is 3130. The molecule has 12 rings (SSSR count). The summed E-state index contributed by atoms with van der Waals surface area (Å²) in [5.41, 5.74) is 3.32. The first kappa shape index (κ1) is 89.7. The molecule has 5 saturated heterocycles. The topological polar surface area (TPSA) is 318 Å². The molecule has 3 aromatic rings. The number of amides is 2. The van der Waals surface area contributed by atoms with Crippen LogP contribution in [0.15, 0.2) is 91.0 Å². The van der Waals surface area contributed by atoms with Crippen LogP contribution in [0, 0.1) is 23.7 Å². The van der Waals surface area contributed by atoms with E-state index in [1.165, 1.54) is 107 Å². The van der Waals surface area contributed by atoms with Crippen LogP contribution in [0.25, 0.3) is 0 Å². The highest BCUT2D eigenvalue weighted by atomic mass is 16.6. The number of nitrogens with one attached hydrogen (secondary N) is 5. The number of cyclic esters (lactones) is 2. The van der Waals surface area contributed by atoms with Crippen LogP contribution in [0.1, 0.15) is 234 Å². The predicted octanol–water partition coefficient (Wildman–Crippen LogP) is 11.7. The van der Waals surface area contributed by atoms with Gasteiger partial charge in [-0.05, 0) is 225 Å². The van der Waals surface area contributed by atoms with E-state index in [2.05, 4.69) is 45.2 Å². The highest BCUT2D eigenvalue weighted by molar-refractivity contribution is 5.97. The molecule has 2 amide bonds. The second-order valence-electron chi connectivity index (χ2n) is 30.7. The molecule has 602 valence electrons. The van der Waals surface area contributed by atoms with Crippen LogP contribution in [0.2, 0.25) is 0 Å². The van der Waals surface area contributed by atoms with Crippen LogP contribution in [-0.4, -0.2) is 190 Å². The van der Waals surface area contributed by atoms with E-state index in [1.54, 1.807) is 53.4 Å². The van der Waals surface area contributed by atoms with Gasteiger partial charge in [-0.25, -0.2) is 19.2 Å². The molecule has 5 heterocycles. The van der Waals surface area contributed by atoms with E-state index in [0.717, 1.165) is 85.7 Å². The number of ketones is 1. The molecule has 9 aliphatic rings. The lowest BCUT2D eigenvalue weighted by atomic mass is 9.84. The number of carboxylic acid groups (broad SMARTS) is 2. The number of aryl methyl sites for hydroxylation is 3. The molecule has 3 aromatic carbocycles. The van der Waals surface area contributed by atoms with Gasteiger partial charge in [-0.1, -0.05) is 142 Å². The normalized spacial score (nSPS) is 26.9. The number of likely N-dealkylation sites (tertiary alicyclic amines) is 1. The molecule has 0 bridgehead atoms. The van der Waals surface area contributed by atoms with Gasteiger partial charge in [-0.2, -0.15) is 0 Å². The second-order valence-corrected chi connectivity index (χ2v) is 30.7. The molecule has 0 radical (unpaired) electrons. The number of ether oxygens (including phenoxy) is 4. The number of aliphatic carboxylic acids is 2. The van der Waals surface area contributed by atoms with Crippen LogP contribution in [0.3, 0.4) is 0 Å². The number of Topliss-reactive ketones (excluding diaryl/α,β-unsaturated/α-hetero) is 1. The number of carbonyl (C=O) groups is 9. The summed E-state index contributed by atoms with van der Waals surface area (Å²) in [5, 5.41) is 42.8. The summed E-state index contributed by atoms with van der Waals surface area (Å²) in [4.78, 5) is 110. The highest BCUT2D eigenvalue weighted by Crippen LogP contribution is 2.41. The van der Waals surface area contributed by atoms with Gasteiger partial charge in [0.1, 0.15) is 42.0 Å². The van der Waals surface area contributed by atoms with E-state index in [-0.39, 0.29) is 67.5 Å². The lowest BCUT2D eigenvalue weighted by Crippen LogP contribution is -2.55. The first-order chi connectivity index (χ1) is 51.9. The maximum Gasteiger partial charge on any atom is 0.419 e. The molecule has 8 N–H and O–H groups in total. The van der Waals surface area contributed by atoms with Gasteiger partial charge in [0.15, 0.2) is 0 Å². The standard InChI is InChI=1S/C24H34N2O5.C16H19NO5.C16H23NO3.C9H15NO2.2C9H17N.C2H6O/c1-3-31-24(30)19(14-13-17-9-5-4-6-10-17)25-16(2)22(27)26-20-12-8-7-11-18(20)15-21(26)23(28)29;1-3-21-15(19)13(10-9-12-7-5-4-6-8-12)17-11(2)14(18)22-16(17)20;1-4-20-16(19)15(17-12(2)13(3)18)11-10-14-8-6-5-7-9-14;11-9(12)8-5-6-3-1-2-4-7(6)10-8;2*1-7-6-8-4-2-3-5-9(8)10-7;1-2-3/h4-6,9-10,16,18-21,25H,3,7-8,11-15H2,1-2H3,(H,28,29);4-8,11,13H,3,9-10H2,1-2H3;5-9,12,15,17H,4,10-11H2,1-3H3;6-8,10H,1-5H2,(H,11,12);2*7-10H,2-6H2,1H3;3H,2H2,1H3/t16-,18+,19-,20-,21-;11-,13-;12-,15-;6-,7+,8+;2*7-,8-,9+;/m000111./s1. The smallest absolute Gasteiger partial charge is 0.419 e. The largest absolute Gasteiger partial charge is 0.480 e. The van der Waals surface area contributed by atoms with E-state index in [4.69, 9.17) is 24.4 Å². The minimum Gasteiger partial charge on any atom is -0.480 e. The Morgan fingerprint density at radius 1 is 0.509 bits per heavy atom. The third-order valence-electron chi connectivity index (χ3n) is 22.7. The van der Waals surface area contributed by atoms with Gasteiger partial charge in [0, 0.05) is 42.9 Å². The molecule has 4 aliphatic carbocycles. The average molecular weight is 1510 g/mol. The number of hydrogen-bond acceptors (Lipinski definition) is 19. The fraction of sp³-hybridized carbons (Fsp3) is 0.682. The molecule has 0 unspecified atom stereocenters. The van der Waals surface area contributed by atoms with Crippen molar-refractivity contribution < 1.29 is 77.4 Å². The molecule has 9 fully saturated rings. The third-order valence-corrected chi connectivity index (χ3v) is 22.7. The van der Waals surface area contributed by atoms with Crippen LogP contribution >= 0.6 is 0 Å². The minimum atomic E-state index is -0.944. The second kappa shape index (κ2) is 47.8. The monoisotopic (exact) mass is 1510 g/mol. The predicted molar refractivity (Wildman–Crippen MR) is 416 cm³/mol. The van der Waals surface area contributed by atoms with Crippen LogP contribution in [-0.2, 0) is 76.6 Å². The Morgan fingerprint density at radius 3 is 1.29 bits per heavy atom. The molecule has 5 aliphatic heterocycles. The van der Waals surface area contributed by atoms with Crippen LogP contribution in [0.4, 0.5) is 4.79 Å². The van der Waals surface area contributed by atoms with Crippen molar-refractivity contribution in [2.45, 2.75) is 321 Å². The average Bonchev–Trinajstić information content (AvgIpc) is 1.60. The Kier molecular flexibility index (Phi) is 39.7. The fourth-order valence-electron chi connectivity index (χ4n) is 17.1. The first-order valence-corrected chi connectivity index (χ1v) is 40.8. The molecule has 23 heteroatoms. The molecule has 108 heavy (non-hydrogen) atoms. The summed E-state index contributed by atoms with van der Waals surface area (Å²) in [5.74, 6) is -0.727. The number of rotatable bonds is 24. The molecule has 23 nitrogen and oxygen atoms in total. The zero-order chi connectivity index (χ0) is 78.7. The van der Waals surface area contributed by atoms with Gasteiger partial charge in [-0.3, -0.25) is 39.5 Å². The van der Waals surface area contributed by atoms with Crippen molar-refractivity contribution in [3.63, 3.8) is 0 Å². The van der Waals surface area contributed by atoms with Crippen molar-refractivity contribution in [3.05, 3.63) is 108 Å². The number of nitrogens with zero attached hydrogens (tertiary/aromatic N) is 2. The SMILES string of the molecule is CCO.CCOC(=O)[C@H](CCc1ccccc1)N1C(=O)OC(=O)[C@@H]1C.CCOC(=O)[C@H](CCc1ccccc1)N[C@@H](C)C(=O)N1[C@H](C(=O)O)C[C@H]2CCCC[C@@H]21.CCOC(=O)[C@H](CCc1ccccc1)N[C@@H](C)C(C)=O.C[C@@H]1C[C@H]2CCCC[C@@H]2N1.C[C@@H]1C[C@H]2CCCC[C@@H]2N1.O=C(O)[C@@H]1C[C@H]2CCCC[C@@H]2N1. The number of benzene rings is 3. The lowest BCUT2D eigenvalue weighted by molar-refractivity contribution is -0.152. The number of aliphatic hydroxyl groups is 1. The van der Waals surface area contributed by atoms with Gasteiger partial charge in [-0.15, -0.1) is 0 Å².